The van der Waals surface area contributed by atoms with Crippen LogP contribution in [0.15, 0.2) is 12.3 Å². The third kappa shape index (κ3) is 2.35. The van der Waals surface area contributed by atoms with Crippen LogP contribution in [0.2, 0.25) is 0 Å². The minimum atomic E-state index is -0.982. The number of carboxylic acid groups (broad SMARTS) is 1. The second-order valence-electron chi connectivity index (χ2n) is 6.60. The highest BCUT2D eigenvalue weighted by atomic mass is 16.4. The predicted molar refractivity (Wildman–Crippen MR) is 86.6 cm³/mol. The molecule has 7 nitrogen and oxygen atoms in total. The third-order valence-corrected chi connectivity index (χ3v) is 5.05. The van der Waals surface area contributed by atoms with Gasteiger partial charge in [0.05, 0.1) is 5.56 Å². The fourth-order valence-corrected chi connectivity index (χ4v) is 3.69. The Labute approximate surface area is 134 Å². The number of imidazole rings is 1. The number of nitrogens with two attached hydrogens (primary N) is 1. The number of nitrogens with zero attached hydrogens (tertiary/aromatic N) is 4. The molecule has 1 saturated heterocycles. The summed E-state index contributed by atoms with van der Waals surface area (Å²) in [6, 6.07) is 1.78. The molecule has 0 aromatic carbocycles. The highest BCUT2D eigenvalue weighted by Gasteiger charge is 2.42. The lowest BCUT2D eigenvalue weighted by atomic mass is 9.99. The largest absolute Gasteiger partial charge is 0.478 e. The van der Waals surface area contributed by atoms with Crippen LogP contribution in [0.4, 0.5) is 5.95 Å². The number of carboxylic acids is 1. The van der Waals surface area contributed by atoms with Crippen LogP contribution in [0.3, 0.4) is 0 Å². The van der Waals surface area contributed by atoms with Crippen LogP contribution in [0, 0.1) is 11.8 Å². The zero-order valence-corrected chi connectivity index (χ0v) is 13.1. The predicted octanol–water partition coefficient (Wildman–Crippen LogP) is 1.32. The number of aromatic nitrogens is 3. The molecule has 7 heteroatoms. The number of rotatable bonds is 4. The molecule has 0 bridgehead atoms. The Bertz CT molecular complexity index is 767. The fourth-order valence-electron chi connectivity index (χ4n) is 3.69. The molecule has 2 aliphatic rings. The minimum absolute atomic E-state index is 0.166. The van der Waals surface area contributed by atoms with Crippen molar-refractivity contribution in [2.24, 2.45) is 17.6 Å². The smallest absolute Gasteiger partial charge is 0.337 e. The number of fused-ring (bicyclic) bond motifs is 1. The van der Waals surface area contributed by atoms with E-state index in [9.17, 15) is 4.79 Å². The van der Waals surface area contributed by atoms with E-state index in [-0.39, 0.29) is 11.6 Å². The second-order valence-corrected chi connectivity index (χ2v) is 6.60. The summed E-state index contributed by atoms with van der Waals surface area (Å²) in [5.74, 6) is 1.19. The first-order valence-electron chi connectivity index (χ1n) is 8.18. The van der Waals surface area contributed by atoms with Gasteiger partial charge in [-0.2, -0.15) is 0 Å². The summed E-state index contributed by atoms with van der Waals surface area (Å²) in [6.07, 6.45) is 3.98. The normalized spacial score (nSPS) is 24.5. The van der Waals surface area contributed by atoms with Gasteiger partial charge in [-0.15, -0.1) is 0 Å². The van der Waals surface area contributed by atoms with Crippen LogP contribution in [-0.4, -0.2) is 44.7 Å². The van der Waals surface area contributed by atoms with Gasteiger partial charge in [0.1, 0.15) is 5.52 Å². The summed E-state index contributed by atoms with van der Waals surface area (Å²) < 4.78 is 2.04. The Morgan fingerprint density at radius 3 is 2.87 bits per heavy atom. The van der Waals surface area contributed by atoms with Crippen LogP contribution < -0.4 is 10.6 Å². The van der Waals surface area contributed by atoms with E-state index in [1.165, 1.54) is 19.0 Å². The van der Waals surface area contributed by atoms with Crippen molar-refractivity contribution in [2.75, 3.05) is 18.0 Å². The van der Waals surface area contributed by atoms with Crippen LogP contribution in [0.25, 0.3) is 11.2 Å². The molecule has 2 atom stereocenters. The van der Waals surface area contributed by atoms with Gasteiger partial charge in [0.2, 0.25) is 5.95 Å². The van der Waals surface area contributed by atoms with Crippen LogP contribution in [0.5, 0.6) is 0 Å². The van der Waals surface area contributed by atoms with E-state index in [0.29, 0.717) is 11.4 Å². The number of pyridine rings is 1. The van der Waals surface area contributed by atoms with Crippen molar-refractivity contribution < 1.29 is 9.90 Å². The maximum Gasteiger partial charge on any atom is 0.337 e. The van der Waals surface area contributed by atoms with Crippen molar-refractivity contribution >= 4 is 23.1 Å². The molecule has 23 heavy (non-hydrogen) atoms. The molecule has 0 spiro atoms. The topological polar surface area (TPSA) is 97.3 Å². The number of carbonyl (C=O) groups is 1. The van der Waals surface area contributed by atoms with Crippen molar-refractivity contribution in [3.05, 3.63) is 17.8 Å². The van der Waals surface area contributed by atoms with E-state index in [1.54, 1.807) is 6.07 Å². The lowest BCUT2D eigenvalue weighted by molar-refractivity contribution is 0.0696. The summed E-state index contributed by atoms with van der Waals surface area (Å²) in [7, 11) is 0. The van der Waals surface area contributed by atoms with Gasteiger partial charge in [0.15, 0.2) is 5.65 Å². The van der Waals surface area contributed by atoms with Crippen molar-refractivity contribution in [1.82, 2.24) is 14.5 Å². The van der Waals surface area contributed by atoms with Gasteiger partial charge in [0.25, 0.3) is 0 Å². The number of aromatic carboxylic acids is 1. The second kappa shape index (κ2) is 5.19. The molecule has 3 heterocycles. The molecule has 0 radical (unpaired) electrons. The molecule has 2 fully saturated rings. The molecule has 1 saturated carbocycles. The molecule has 2 unspecified atom stereocenters. The van der Waals surface area contributed by atoms with E-state index >= 15 is 0 Å². The minimum Gasteiger partial charge on any atom is -0.478 e. The average molecular weight is 315 g/mol. The van der Waals surface area contributed by atoms with E-state index < -0.39 is 5.97 Å². The van der Waals surface area contributed by atoms with Gasteiger partial charge in [-0.3, -0.25) is 4.57 Å². The van der Waals surface area contributed by atoms with Gasteiger partial charge in [-0.1, -0.05) is 0 Å². The first kappa shape index (κ1) is 14.4. The molecule has 3 N–H and O–H groups in total. The Balaban J connectivity index is 1.73. The number of hydrogen-bond acceptors (Lipinski definition) is 5. The molecular formula is C16H21N5O2. The Morgan fingerprint density at radius 1 is 1.43 bits per heavy atom. The van der Waals surface area contributed by atoms with Crippen molar-refractivity contribution in [2.45, 2.75) is 32.4 Å². The number of hydrogen-bond donors (Lipinski definition) is 2. The van der Waals surface area contributed by atoms with Gasteiger partial charge in [-0.05, 0) is 37.7 Å². The zero-order chi connectivity index (χ0) is 16.1. The quantitative estimate of drug-likeness (QED) is 0.883. The molecule has 4 rings (SSSR count). The molecule has 2 aromatic heterocycles. The standard InChI is InChI=1S/C16H21N5O2/c1-2-21-14-13(5-10(6-18-14)15(22)23)19-16(21)20-7-11(9-3-4-9)12(17)8-20/h5-6,9,11-12H,2-4,7-8,17H2,1H3,(H,22,23). The maximum atomic E-state index is 11.1. The zero-order valence-electron chi connectivity index (χ0n) is 13.1. The Morgan fingerprint density at radius 2 is 2.22 bits per heavy atom. The summed E-state index contributed by atoms with van der Waals surface area (Å²) in [5, 5.41) is 9.13. The lowest BCUT2D eigenvalue weighted by Crippen LogP contribution is -2.31. The van der Waals surface area contributed by atoms with Crippen molar-refractivity contribution in [3.63, 3.8) is 0 Å². The monoisotopic (exact) mass is 315 g/mol. The maximum absolute atomic E-state index is 11.1. The van der Waals surface area contributed by atoms with Gasteiger partial charge < -0.3 is 15.7 Å². The highest BCUT2D eigenvalue weighted by molar-refractivity contribution is 5.91. The van der Waals surface area contributed by atoms with Gasteiger partial charge >= 0.3 is 5.97 Å². The molecule has 0 amide bonds. The Kier molecular flexibility index (Phi) is 3.26. The first-order valence-corrected chi connectivity index (χ1v) is 8.18. The average Bonchev–Trinajstić information content (AvgIpc) is 3.19. The van der Waals surface area contributed by atoms with Crippen LogP contribution in [-0.2, 0) is 6.54 Å². The highest BCUT2D eigenvalue weighted by Crippen LogP contribution is 2.41. The molecule has 122 valence electrons. The summed E-state index contributed by atoms with van der Waals surface area (Å²) in [5.41, 5.74) is 7.85. The van der Waals surface area contributed by atoms with Gasteiger partial charge in [-0.25, -0.2) is 14.8 Å². The summed E-state index contributed by atoms with van der Waals surface area (Å²) in [4.78, 5) is 22.3. The SMILES string of the molecule is CCn1c(N2CC(N)C(C3CC3)C2)nc2cc(C(=O)O)cnc21. The molecule has 2 aromatic rings. The first-order chi connectivity index (χ1) is 11.1. The van der Waals surface area contributed by atoms with E-state index in [4.69, 9.17) is 10.8 Å². The summed E-state index contributed by atoms with van der Waals surface area (Å²) >= 11 is 0. The van der Waals surface area contributed by atoms with Crippen LogP contribution >= 0.6 is 0 Å². The van der Waals surface area contributed by atoms with Crippen molar-refractivity contribution in [3.8, 4) is 0 Å². The van der Waals surface area contributed by atoms with E-state index in [2.05, 4.69) is 14.9 Å². The fraction of sp³-hybridized carbons (Fsp3) is 0.562. The van der Waals surface area contributed by atoms with E-state index in [1.807, 2.05) is 11.5 Å². The lowest BCUT2D eigenvalue weighted by Gasteiger charge is -2.18. The summed E-state index contributed by atoms with van der Waals surface area (Å²) in [6.45, 7) is 4.52. The van der Waals surface area contributed by atoms with Crippen LogP contribution in [0.1, 0.15) is 30.1 Å². The van der Waals surface area contributed by atoms with Gasteiger partial charge in [0, 0.05) is 31.9 Å². The Hall–Kier alpha value is -2.15. The number of anilines is 1. The van der Waals surface area contributed by atoms with E-state index in [0.717, 1.165) is 37.1 Å². The number of aryl methyl sites for hydroxylation is 1. The molecule has 1 aliphatic heterocycles. The third-order valence-electron chi connectivity index (χ3n) is 5.05. The molecule has 1 aliphatic carbocycles. The van der Waals surface area contributed by atoms with Crippen molar-refractivity contribution in [1.29, 1.82) is 0 Å². The molecular weight excluding hydrogens is 294 g/mol.